The number of aliphatic hydroxyl groups is 2. The molecule has 1 unspecified atom stereocenters. The first kappa shape index (κ1) is 58.3. The summed E-state index contributed by atoms with van der Waals surface area (Å²) in [6.07, 6.45) is 45.4. The molecular weight excluding hydrogens is 813 g/mol. The molecule has 0 aromatic carbocycles. The van der Waals surface area contributed by atoms with Crippen molar-refractivity contribution in [2.75, 3.05) is 19.8 Å². The first-order valence-corrected chi connectivity index (χ1v) is 24.0. The van der Waals surface area contributed by atoms with Gasteiger partial charge in [-0.15, -0.1) is 0 Å². The molecule has 0 aromatic heterocycles. The highest BCUT2D eigenvalue weighted by Crippen LogP contribution is 2.43. The van der Waals surface area contributed by atoms with E-state index in [-0.39, 0.29) is 19.3 Å². The van der Waals surface area contributed by atoms with Crippen LogP contribution in [-0.4, -0.2) is 82.3 Å². The second kappa shape index (κ2) is 41.3. The van der Waals surface area contributed by atoms with Gasteiger partial charge in [-0.3, -0.25) is 23.4 Å². The lowest BCUT2D eigenvalue weighted by atomic mass is 10.1. The first-order valence-electron chi connectivity index (χ1n) is 22.5. The fourth-order valence-corrected chi connectivity index (χ4v) is 6.16. The van der Waals surface area contributed by atoms with Gasteiger partial charge in [-0.1, -0.05) is 150 Å². The molecule has 0 fully saturated rings. The second-order valence-electron chi connectivity index (χ2n) is 14.9. The molecule has 62 heavy (non-hydrogen) atoms. The first-order chi connectivity index (χ1) is 29.9. The van der Waals surface area contributed by atoms with Crippen molar-refractivity contribution < 1.29 is 57.7 Å². The van der Waals surface area contributed by atoms with Gasteiger partial charge >= 0.3 is 25.7 Å². The number of aliphatic carboxylic acids is 1. The molecule has 0 saturated carbocycles. The number of ether oxygens (including phenoxy) is 2. The van der Waals surface area contributed by atoms with Gasteiger partial charge in [-0.05, 0) is 77.0 Å². The number of phosphoric ester groups is 1. The van der Waals surface area contributed by atoms with Gasteiger partial charge in [-0.25, -0.2) is 4.57 Å². The summed E-state index contributed by atoms with van der Waals surface area (Å²) in [7, 11) is -4.79. The van der Waals surface area contributed by atoms with E-state index in [0.29, 0.717) is 19.3 Å². The molecule has 5 atom stereocenters. The van der Waals surface area contributed by atoms with Crippen LogP contribution in [0.25, 0.3) is 0 Å². The van der Waals surface area contributed by atoms with Crippen LogP contribution in [0.5, 0.6) is 0 Å². The summed E-state index contributed by atoms with van der Waals surface area (Å²) >= 11 is 0. The summed E-state index contributed by atoms with van der Waals surface area (Å²) in [5, 5.41) is 29.0. The highest BCUT2D eigenvalue weighted by molar-refractivity contribution is 7.47. The van der Waals surface area contributed by atoms with Crippen LogP contribution in [0.2, 0.25) is 0 Å². The summed E-state index contributed by atoms with van der Waals surface area (Å²) < 4.78 is 32.5. The van der Waals surface area contributed by atoms with Crippen molar-refractivity contribution in [3.05, 3.63) is 97.2 Å². The average molecular weight is 892 g/mol. The van der Waals surface area contributed by atoms with Crippen LogP contribution in [0.15, 0.2) is 97.2 Å². The monoisotopic (exact) mass is 892 g/mol. The number of carboxylic acids is 1. The van der Waals surface area contributed by atoms with E-state index in [2.05, 4.69) is 67.0 Å². The highest BCUT2D eigenvalue weighted by Gasteiger charge is 2.28. The highest BCUT2D eigenvalue weighted by atomic mass is 31.2. The summed E-state index contributed by atoms with van der Waals surface area (Å²) in [5.74, 6) is -2.69. The number of carbonyl (C=O) groups is 3. The maximum atomic E-state index is 12.6. The number of unbranched alkanes of at least 4 members (excludes halogenated alkanes) is 8. The predicted octanol–water partition coefficient (Wildman–Crippen LogP) is 10.0. The van der Waals surface area contributed by atoms with Crippen molar-refractivity contribution in [3.63, 3.8) is 0 Å². The zero-order chi connectivity index (χ0) is 45.9. The minimum absolute atomic E-state index is 0.0397. The van der Waals surface area contributed by atoms with Crippen molar-refractivity contribution >= 4 is 25.7 Å². The van der Waals surface area contributed by atoms with Crippen molar-refractivity contribution in [3.8, 4) is 0 Å². The maximum absolute atomic E-state index is 12.6. The Kier molecular flexibility index (Phi) is 38.9. The van der Waals surface area contributed by atoms with Gasteiger partial charge < -0.3 is 35.4 Å². The van der Waals surface area contributed by atoms with E-state index in [1.165, 1.54) is 19.3 Å². The Hall–Kier alpha value is -3.68. The van der Waals surface area contributed by atoms with Crippen LogP contribution < -0.4 is 5.73 Å². The predicted molar refractivity (Wildman–Crippen MR) is 247 cm³/mol. The van der Waals surface area contributed by atoms with Crippen LogP contribution in [-0.2, 0) is 37.5 Å². The SMILES string of the molecule is CCCCC/C=C\C/C=C\C/C=C\C/C=C\CCCCCC(=O)O[C@H](COC(=O)CCC[C@@H](O)/C=C/C=C\C/C=C\C=C\[C@@H](O)CCCCC)COP(=O)(O)OC[C@H](N)C(=O)O. The second-order valence-corrected chi connectivity index (χ2v) is 16.3. The summed E-state index contributed by atoms with van der Waals surface area (Å²) in [4.78, 5) is 46.0. The van der Waals surface area contributed by atoms with E-state index >= 15 is 0 Å². The maximum Gasteiger partial charge on any atom is 0.472 e. The summed E-state index contributed by atoms with van der Waals surface area (Å²) in [5.41, 5.74) is 5.32. The molecule has 0 rings (SSSR count). The minimum atomic E-state index is -4.79. The largest absolute Gasteiger partial charge is 0.480 e. The molecule has 352 valence electrons. The molecule has 14 heteroatoms. The number of aliphatic hydroxyl groups excluding tert-OH is 2. The molecule has 0 aliphatic rings. The molecule has 0 aliphatic carbocycles. The third kappa shape index (κ3) is 40.4. The molecule has 0 bridgehead atoms. The molecular formula is C48H78NO12P. The molecule has 6 N–H and O–H groups in total. The van der Waals surface area contributed by atoms with Gasteiger partial charge in [0, 0.05) is 12.8 Å². The summed E-state index contributed by atoms with van der Waals surface area (Å²) in [6.45, 7) is 2.39. The van der Waals surface area contributed by atoms with Crippen molar-refractivity contribution in [1.29, 1.82) is 0 Å². The molecule has 0 heterocycles. The van der Waals surface area contributed by atoms with Crippen molar-refractivity contribution in [1.82, 2.24) is 0 Å². The normalized spacial score (nSPS) is 15.6. The van der Waals surface area contributed by atoms with Crippen LogP contribution >= 0.6 is 7.82 Å². The fraction of sp³-hybridized carbons (Fsp3) is 0.604. The van der Waals surface area contributed by atoms with Crippen LogP contribution in [0.3, 0.4) is 0 Å². The van der Waals surface area contributed by atoms with Gasteiger partial charge in [0.1, 0.15) is 12.6 Å². The van der Waals surface area contributed by atoms with Crippen molar-refractivity contribution in [2.24, 2.45) is 5.73 Å². The lowest BCUT2D eigenvalue weighted by Gasteiger charge is -2.20. The molecule has 13 nitrogen and oxygen atoms in total. The van der Waals surface area contributed by atoms with Crippen LogP contribution in [0.4, 0.5) is 0 Å². The van der Waals surface area contributed by atoms with E-state index < -0.39 is 69.9 Å². The van der Waals surface area contributed by atoms with Crippen LogP contribution in [0, 0.1) is 0 Å². The van der Waals surface area contributed by atoms with E-state index in [0.717, 1.165) is 70.6 Å². The third-order valence-electron chi connectivity index (χ3n) is 9.01. The quantitative estimate of drug-likeness (QED) is 0.0128. The summed E-state index contributed by atoms with van der Waals surface area (Å²) in [6, 6.07) is -1.57. The van der Waals surface area contributed by atoms with Gasteiger partial charge in [0.05, 0.1) is 25.4 Å². The fourth-order valence-electron chi connectivity index (χ4n) is 5.38. The molecule has 0 aromatic rings. The molecule has 0 spiro atoms. The molecule has 0 amide bonds. The zero-order valence-corrected chi connectivity index (χ0v) is 38.3. The van der Waals surface area contributed by atoms with Gasteiger partial charge in [0.15, 0.2) is 6.10 Å². The van der Waals surface area contributed by atoms with E-state index in [4.69, 9.17) is 24.8 Å². The van der Waals surface area contributed by atoms with Gasteiger partial charge in [0.25, 0.3) is 0 Å². The standard InChI is InChI=1S/C48H78NO12P/c1-3-5-7-8-9-10-11-12-13-14-15-16-17-18-19-20-24-27-31-37-47(53)61-44(40-59-62(56,57)60-41-45(49)48(54)55)39-58-46(52)38-32-36-43(51)35-30-26-23-21-22-25-29-34-42(50)33-28-6-4-2/h9-10,12-13,15-16,18-19,22-23,25-26,29-30,34-35,42-45,50-51H,3-8,11,14,17,20-21,24,27-28,31-33,36-41,49H2,1-2H3,(H,54,55)(H,56,57)/b10-9-,13-12-,16-15-,19-18-,25-22-,26-23-,34-29+,35-30+/t42-,43-,44+,45-/m0/s1. The van der Waals surface area contributed by atoms with Gasteiger partial charge in [-0.2, -0.15) is 0 Å². The number of esters is 2. The number of nitrogens with two attached hydrogens (primary N) is 1. The molecule has 0 saturated heterocycles. The zero-order valence-electron chi connectivity index (χ0n) is 37.4. The van der Waals surface area contributed by atoms with E-state index in [1.807, 2.05) is 24.3 Å². The number of rotatable bonds is 40. The van der Waals surface area contributed by atoms with E-state index in [9.17, 15) is 34.1 Å². The lowest BCUT2D eigenvalue weighted by Crippen LogP contribution is -2.34. The van der Waals surface area contributed by atoms with Crippen molar-refractivity contribution in [2.45, 2.75) is 167 Å². The van der Waals surface area contributed by atoms with Gasteiger partial charge in [0.2, 0.25) is 0 Å². The lowest BCUT2D eigenvalue weighted by molar-refractivity contribution is -0.161. The average Bonchev–Trinajstić information content (AvgIpc) is 3.24. The Morgan fingerprint density at radius 3 is 1.63 bits per heavy atom. The Morgan fingerprint density at radius 1 is 0.581 bits per heavy atom. The minimum Gasteiger partial charge on any atom is -0.480 e. The number of carboxylic acid groups (broad SMARTS) is 1. The van der Waals surface area contributed by atoms with E-state index in [1.54, 1.807) is 24.3 Å². The smallest absolute Gasteiger partial charge is 0.472 e. The molecule has 0 radical (unpaired) electrons. The number of allylic oxidation sites excluding steroid dienone is 14. The molecule has 0 aliphatic heterocycles. The van der Waals surface area contributed by atoms with Crippen LogP contribution in [0.1, 0.15) is 142 Å². The number of hydrogen-bond acceptors (Lipinski definition) is 11. The Balaban J connectivity index is 4.66. The number of hydrogen-bond donors (Lipinski definition) is 5. The third-order valence-corrected chi connectivity index (χ3v) is 9.96. The topological polar surface area (TPSA) is 212 Å². The Morgan fingerprint density at radius 2 is 1.06 bits per heavy atom. The Bertz CT molecular complexity index is 1450. The number of phosphoric acid groups is 1. The number of carbonyl (C=O) groups excluding carboxylic acids is 2. The Labute approximate surface area is 371 Å².